The van der Waals surface area contributed by atoms with Gasteiger partial charge < -0.3 is 0 Å². The zero-order valence-corrected chi connectivity index (χ0v) is 19.9. The second-order valence-corrected chi connectivity index (χ2v) is 10.9. The van der Waals surface area contributed by atoms with Crippen molar-refractivity contribution in [2.75, 3.05) is 6.54 Å². The molecule has 0 amide bonds. The van der Waals surface area contributed by atoms with Crippen LogP contribution in [0.5, 0.6) is 0 Å². The van der Waals surface area contributed by atoms with Crippen molar-refractivity contribution in [3.63, 3.8) is 0 Å². The number of nitrogens with zero attached hydrogens (tertiary/aromatic N) is 1. The minimum atomic E-state index is 0.695. The summed E-state index contributed by atoms with van der Waals surface area (Å²) in [5, 5.41) is 1.03. The van der Waals surface area contributed by atoms with E-state index in [2.05, 4.69) is 60.4 Å². The third-order valence-corrected chi connectivity index (χ3v) is 8.73. The van der Waals surface area contributed by atoms with Crippen LogP contribution in [0.3, 0.4) is 0 Å². The molecule has 3 fully saturated rings. The van der Waals surface area contributed by atoms with Gasteiger partial charge >= 0.3 is 0 Å². The number of halogens is 1. The van der Waals surface area contributed by atoms with Crippen LogP contribution in [-0.4, -0.2) is 23.5 Å². The number of aryl methyl sites for hydroxylation is 1. The summed E-state index contributed by atoms with van der Waals surface area (Å²) in [6.45, 7) is 3.74. The summed E-state index contributed by atoms with van der Waals surface area (Å²) >= 11 is 6.79. The Labute approximate surface area is 194 Å². The lowest BCUT2D eigenvalue weighted by Crippen LogP contribution is -2.42. The Morgan fingerprint density at radius 3 is 2.48 bits per heavy atom. The Kier molecular flexibility index (Phi) is 6.72. The number of likely N-dealkylation sites (tertiary alicyclic amines) is 1. The molecular weight excluding hydrogens is 398 g/mol. The van der Waals surface area contributed by atoms with Gasteiger partial charge in [-0.2, -0.15) is 0 Å². The van der Waals surface area contributed by atoms with Gasteiger partial charge in [0.15, 0.2) is 0 Å². The maximum Gasteiger partial charge on any atom is 0.0443 e. The molecule has 2 aromatic rings. The molecule has 0 radical (unpaired) electrons. The lowest BCUT2D eigenvalue weighted by atomic mass is 9.83. The summed E-state index contributed by atoms with van der Waals surface area (Å²) in [4.78, 5) is 2.81. The summed E-state index contributed by atoms with van der Waals surface area (Å²) in [6.07, 6.45) is 13.4. The summed E-state index contributed by atoms with van der Waals surface area (Å²) in [5.74, 6) is 2.27. The summed E-state index contributed by atoms with van der Waals surface area (Å²) in [7, 11) is 0. The highest BCUT2D eigenvalue weighted by molar-refractivity contribution is 6.31. The van der Waals surface area contributed by atoms with Gasteiger partial charge in [-0.05, 0) is 93.0 Å². The van der Waals surface area contributed by atoms with E-state index in [1.54, 1.807) is 0 Å². The Morgan fingerprint density at radius 1 is 0.935 bits per heavy atom. The Balaban J connectivity index is 1.14. The van der Waals surface area contributed by atoms with Crippen LogP contribution in [0, 0.1) is 5.92 Å². The highest BCUT2D eigenvalue weighted by atomic mass is 35.5. The van der Waals surface area contributed by atoms with Crippen LogP contribution in [0.1, 0.15) is 93.2 Å². The molecule has 0 aromatic heterocycles. The molecule has 4 unspecified atom stereocenters. The Bertz CT molecular complexity index is 856. The van der Waals surface area contributed by atoms with Crippen molar-refractivity contribution in [3.05, 3.63) is 70.2 Å². The first kappa shape index (κ1) is 21.5. The van der Waals surface area contributed by atoms with E-state index >= 15 is 0 Å². The Morgan fingerprint density at radius 2 is 1.74 bits per heavy atom. The minimum absolute atomic E-state index is 0.695. The maximum absolute atomic E-state index is 6.79. The van der Waals surface area contributed by atoms with Crippen LogP contribution in [0.25, 0.3) is 0 Å². The zero-order chi connectivity index (χ0) is 21.2. The van der Waals surface area contributed by atoms with Crippen molar-refractivity contribution in [3.8, 4) is 0 Å². The maximum atomic E-state index is 6.79. The highest BCUT2D eigenvalue weighted by Gasteiger charge is 2.45. The third-order valence-electron chi connectivity index (χ3n) is 8.40. The summed E-state index contributed by atoms with van der Waals surface area (Å²) < 4.78 is 0. The van der Waals surface area contributed by atoms with Crippen LogP contribution < -0.4 is 0 Å². The Hall–Kier alpha value is -1.31. The molecule has 1 nitrogen and oxygen atoms in total. The molecule has 2 heteroatoms. The van der Waals surface area contributed by atoms with E-state index in [9.17, 15) is 0 Å². The molecule has 2 aromatic carbocycles. The number of hydrogen-bond donors (Lipinski definition) is 0. The number of piperidine rings is 1. The number of benzene rings is 2. The van der Waals surface area contributed by atoms with E-state index in [1.165, 1.54) is 87.4 Å². The van der Waals surface area contributed by atoms with Crippen molar-refractivity contribution < 1.29 is 0 Å². The SMILES string of the molecule is CC1CC(CCc2ccccc2)CCN1C1CC1c1ccc(C2CCCCC2)c(Cl)c1. The average molecular weight is 436 g/mol. The van der Waals surface area contributed by atoms with Crippen LogP contribution in [0.15, 0.2) is 48.5 Å². The first-order valence-electron chi connectivity index (χ1n) is 12.8. The van der Waals surface area contributed by atoms with E-state index in [0.29, 0.717) is 17.9 Å². The fourth-order valence-corrected chi connectivity index (χ4v) is 6.83. The standard InChI is InChI=1S/C29H38ClN/c1-21-18-23(13-12-22-8-4-2-5-9-22)16-17-31(21)29-20-27(29)25-14-15-26(28(30)19-25)24-10-6-3-7-11-24/h2,4-5,8-9,14-15,19,21,23-24,27,29H,3,6-7,10-13,16-18,20H2,1H3. The molecule has 31 heavy (non-hydrogen) atoms. The molecule has 1 aliphatic heterocycles. The van der Waals surface area contributed by atoms with Crippen LogP contribution in [-0.2, 0) is 6.42 Å². The third kappa shape index (κ3) is 5.04. The number of rotatable bonds is 6. The van der Waals surface area contributed by atoms with E-state index in [1.807, 2.05) is 0 Å². The molecule has 0 N–H and O–H groups in total. The van der Waals surface area contributed by atoms with Crippen LogP contribution in [0.2, 0.25) is 5.02 Å². The van der Waals surface area contributed by atoms with Gasteiger partial charge in [0.2, 0.25) is 0 Å². The summed E-state index contributed by atoms with van der Waals surface area (Å²) in [5.41, 5.74) is 4.39. The number of hydrogen-bond acceptors (Lipinski definition) is 1. The molecule has 166 valence electrons. The van der Waals surface area contributed by atoms with Crippen LogP contribution in [0.4, 0.5) is 0 Å². The van der Waals surface area contributed by atoms with Gasteiger partial charge in [-0.15, -0.1) is 0 Å². The topological polar surface area (TPSA) is 3.24 Å². The smallest absolute Gasteiger partial charge is 0.0443 e. The molecular formula is C29H38ClN. The van der Waals surface area contributed by atoms with E-state index < -0.39 is 0 Å². The van der Waals surface area contributed by atoms with Crippen molar-refractivity contribution >= 4 is 11.6 Å². The lowest BCUT2D eigenvalue weighted by molar-refractivity contribution is 0.109. The first-order chi connectivity index (χ1) is 15.2. The van der Waals surface area contributed by atoms with Gasteiger partial charge in [-0.3, -0.25) is 4.90 Å². The molecule has 0 spiro atoms. The highest BCUT2D eigenvalue weighted by Crippen LogP contribution is 2.48. The molecule has 4 atom stereocenters. The van der Waals surface area contributed by atoms with Gasteiger partial charge in [0.05, 0.1) is 0 Å². The second-order valence-electron chi connectivity index (χ2n) is 10.5. The van der Waals surface area contributed by atoms with E-state index in [4.69, 9.17) is 11.6 Å². The van der Waals surface area contributed by atoms with Crippen LogP contribution >= 0.6 is 11.6 Å². The monoisotopic (exact) mass is 435 g/mol. The fraction of sp³-hybridized carbons (Fsp3) is 0.586. The van der Waals surface area contributed by atoms with Crippen molar-refractivity contribution in [1.29, 1.82) is 0 Å². The van der Waals surface area contributed by atoms with Crippen molar-refractivity contribution in [2.24, 2.45) is 5.92 Å². The normalized spacial score (nSPS) is 29.7. The molecule has 1 saturated heterocycles. The van der Waals surface area contributed by atoms with Gasteiger partial charge in [0.25, 0.3) is 0 Å². The minimum Gasteiger partial charge on any atom is -0.297 e. The summed E-state index contributed by atoms with van der Waals surface area (Å²) in [6, 6.07) is 19.5. The molecule has 1 heterocycles. The van der Waals surface area contributed by atoms with Gasteiger partial charge in [-0.1, -0.05) is 73.3 Å². The van der Waals surface area contributed by atoms with E-state index in [-0.39, 0.29) is 0 Å². The molecule has 5 rings (SSSR count). The molecule has 2 saturated carbocycles. The second kappa shape index (κ2) is 9.67. The predicted molar refractivity (Wildman–Crippen MR) is 132 cm³/mol. The predicted octanol–water partition coefficient (Wildman–Crippen LogP) is 7.98. The van der Waals surface area contributed by atoms with Gasteiger partial charge in [-0.25, -0.2) is 0 Å². The van der Waals surface area contributed by atoms with Gasteiger partial charge in [0, 0.05) is 23.0 Å². The largest absolute Gasteiger partial charge is 0.297 e. The van der Waals surface area contributed by atoms with Crippen molar-refractivity contribution in [2.45, 2.75) is 95.1 Å². The lowest BCUT2D eigenvalue weighted by Gasteiger charge is -2.38. The fourth-order valence-electron chi connectivity index (χ4n) is 6.48. The molecule has 3 aliphatic rings. The quantitative estimate of drug-likeness (QED) is 0.444. The van der Waals surface area contributed by atoms with Crippen molar-refractivity contribution in [1.82, 2.24) is 4.90 Å². The van der Waals surface area contributed by atoms with E-state index in [0.717, 1.165) is 17.0 Å². The molecule has 0 bridgehead atoms. The average Bonchev–Trinajstić information content (AvgIpc) is 3.60. The molecule has 2 aliphatic carbocycles. The first-order valence-corrected chi connectivity index (χ1v) is 13.2. The zero-order valence-electron chi connectivity index (χ0n) is 19.1. The van der Waals surface area contributed by atoms with Gasteiger partial charge in [0.1, 0.15) is 0 Å².